The van der Waals surface area contributed by atoms with Gasteiger partial charge in [0, 0.05) is 26.2 Å². The van der Waals surface area contributed by atoms with E-state index in [9.17, 15) is 0 Å². The summed E-state index contributed by atoms with van der Waals surface area (Å²) >= 11 is 0. The molecule has 3 heteroatoms. The Morgan fingerprint density at radius 1 is 1.20 bits per heavy atom. The van der Waals surface area contributed by atoms with Gasteiger partial charge in [-0.1, -0.05) is 42.5 Å². The van der Waals surface area contributed by atoms with Crippen molar-refractivity contribution < 1.29 is 4.74 Å². The highest BCUT2D eigenvalue weighted by Gasteiger charge is 2.33. The summed E-state index contributed by atoms with van der Waals surface area (Å²) in [5.41, 5.74) is 7.73. The van der Waals surface area contributed by atoms with Crippen LogP contribution < -0.4 is 5.73 Å². The van der Waals surface area contributed by atoms with Crippen molar-refractivity contribution >= 4 is 10.8 Å². The average Bonchev–Trinajstić information content (AvgIpc) is 2.85. The van der Waals surface area contributed by atoms with Crippen LogP contribution in [0.15, 0.2) is 42.5 Å². The van der Waals surface area contributed by atoms with Crippen LogP contribution in [-0.4, -0.2) is 37.7 Å². The summed E-state index contributed by atoms with van der Waals surface area (Å²) in [7, 11) is 1.75. The van der Waals surface area contributed by atoms with E-state index in [0.717, 1.165) is 26.1 Å². The van der Waals surface area contributed by atoms with Crippen LogP contribution in [0.1, 0.15) is 18.0 Å². The van der Waals surface area contributed by atoms with Gasteiger partial charge in [-0.25, -0.2) is 0 Å². The minimum absolute atomic E-state index is 0.206. The summed E-state index contributed by atoms with van der Waals surface area (Å²) in [5.74, 6) is 0. The van der Waals surface area contributed by atoms with Crippen LogP contribution in [0.3, 0.4) is 0 Å². The second-order valence-electron chi connectivity index (χ2n) is 5.49. The molecule has 0 aliphatic carbocycles. The van der Waals surface area contributed by atoms with Crippen LogP contribution in [0.4, 0.5) is 0 Å². The van der Waals surface area contributed by atoms with Gasteiger partial charge in [0.2, 0.25) is 0 Å². The number of nitrogens with zero attached hydrogens (tertiary/aromatic N) is 1. The number of ether oxygens (including phenoxy) is 1. The Morgan fingerprint density at radius 3 is 2.85 bits per heavy atom. The van der Waals surface area contributed by atoms with Gasteiger partial charge in [0.1, 0.15) is 0 Å². The first kappa shape index (κ1) is 13.6. The third-order valence-corrected chi connectivity index (χ3v) is 4.27. The van der Waals surface area contributed by atoms with Crippen LogP contribution in [0.2, 0.25) is 0 Å². The Bertz CT molecular complexity index is 579. The molecule has 20 heavy (non-hydrogen) atoms. The first-order valence-electron chi connectivity index (χ1n) is 7.27. The monoisotopic (exact) mass is 270 g/mol. The molecule has 0 radical (unpaired) electrons. The zero-order valence-corrected chi connectivity index (χ0v) is 12.0. The van der Waals surface area contributed by atoms with Gasteiger partial charge in [-0.3, -0.25) is 4.90 Å². The Labute approximate surface area is 120 Å². The van der Waals surface area contributed by atoms with Gasteiger partial charge >= 0.3 is 0 Å². The third kappa shape index (κ3) is 2.44. The van der Waals surface area contributed by atoms with E-state index in [1.54, 1.807) is 7.11 Å². The van der Waals surface area contributed by atoms with Crippen molar-refractivity contribution in [3.8, 4) is 0 Å². The quantitative estimate of drug-likeness (QED) is 0.928. The normalized spacial score (nSPS) is 23.5. The highest BCUT2D eigenvalue weighted by atomic mass is 16.5. The van der Waals surface area contributed by atoms with Crippen molar-refractivity contribution in [2.45, 2.75) is 18.5 Å². The zero-order chi connectivity index (χ0) is 13.9. The van der Waals surface area contributed by atoms with Crippen molar-refractivity contribution in [1.82, 2.24) is 4.90 Å². The molecule has 1 aliphatic heterocycles. The van der Waals surface area contributed by atoms with E-state index in [2.05, 4.69) is 47.4 Å². The van der Waals surface area contributed by atoms with Crippen molar-refractivity contribution in [2.24, 2.45) is 5.73 Å². The Hall–Kier alpha value is -1.42. The fraction of sp³-hybridized carbons (Fsp3) is 0.412. The molecule has 0 amide bonds. The average molecular weight is 270 g/mol. The van der Waals surface area contributed by atoms with Crippen molar-refractivity contribution in [3.63, 3.8) is 0 Å². The molecule has 1 aliphatic rings. The van der Waals surface area contributed by atoms with Crippen molar-refractivity contribution in [1.29, 1.82) is 0 Å². The molecule has 2 aromatic rings. The lowest BCUT2D eigenvalue weighted by Gasteiger charge is -2.28. The van der Waals surface area contributed by atoms with Gasteiger partial charge in [-0.2, -0.15) is 0 Å². The number of benzene rings is 2. The summed E-state index contributed by atoms with van der Waals surface area (Å²) in [4.78, 5) is 2.45. The second-order valence-corrected chi connectivity index (χ2v) is 5.49. The van der Waals surface area contributed by atoms with E-state index in [0.29, 0.717) is 6.04 Å². The van der Waals surface area contributed by atoms with Crippen molar-refractivity contribution in [2.75, 3.05) is 26.8 Å². The van der Waals surface area contributed by atoms with Crippen molar-refractivity contribution in [3.05, 3.63) is 48.0 Å². The number of fused-ring (bicyclic) bond motifs is 1. The number of rotatable bonds is 4. The molecule has 0 bridgehead atoms. The third-order valence-electron chi connectivity index (χ3n) is 4.27. The standard InChI is InChI=1S/C17H22N2O/c1-20-12-11-19-10-9-16(18)17(19)15-8-4-6-13-5-2-3-7-14(13)15/h2-8,16-17H,9-12,18H2,1H3. The van der Waals surface area contributed by atoms with Gasteiger partial charge in [-0.15, -0.1) is 0 Å². The molecule has 2 unspecified atom stereocenters. The molecule has 1 saturated heterocycles. The van der Waals surface area contributed by atoms with Crippen LogP contribution in [-0.2, 0) is 4.74 Å². The minimum Gasteiger partial charge on any atom is -0.383 e. The van der Waals surface area contributed by atoms with E-state index in [1.807, 2.05) is 0 Å². The fourth-order valence-electron chi connectivity index (χ4n) is 3.28. The van der Waals surface area contributed by atoms with Gasteiger partial charge in [0.25, 0.3) is 0 Å². The topological polar surface area (TPSA) is 38.5 Å². The minimum atomic E-state index is 0.206. The van der Waals surface area contributed by atoms with Crippen LogP contribution in [0.25, 0.3) is 10.8 Å². The highest BCUT2D eigenvalue weighted by molar-refractivity contribution is 5.86. The predicted molar refractivity (Wildman–Crippen MR) is 82.7 cm³/mol. The summed E-state index contributed by atoms with van der Waals surface area (Å²) in [6.07, 6.45) is 1.05. The largest absolute Gasteiger partial charge is 0.383 e. The molecule has 2 aromatic carbocycles. The molecule has 0 saturated carbocycles. The Kier molecular flexibility index (Phi) is 4.01. The lowest BCUT2D eigenvalue weighted by Crippen LogP contribution is -2.33. The predicted octanol–water partition coefficient (Wildman–Crippen LogP) is 2.56. The van der Waals surface area contributed by atoms with E-state index in [4.69, 9.17) is 10.5 Å². The fourth-order valence-corrected chi connectivity index (χ4v) is 3.28. The Balaban J connectivity index is 1.99. The first-order chi connectivity index (χ1) is 9.81. The number of methoxy groups -OCH3 is 1. The molecule has 0 aromatic heterocycles. The highest BCUT2D eigenvalue weighted by Crippen LogP contribution is 2.34. The molecule has 1 heterocycles. The molecular formula is C17H22N2O. The number of nitrogens with two attached hydrogens (primary N) is 1. The van der Waals surface area contributed by atoms with Crippen LogP contribution >= 0.6 is 0 Å². The molecular weight excluding hydrogens is 248 g/mol. The molecule has 3 rings (SSSR count). The Morgan fingerprint density at radius 2 is 2.00 bits per heavy atom. The van der Waals surface area contributed by atoms with Gasteiger partial charge in [0.05, 0.1) is 12.6 Å². The lowest BCUT2D eigenvalue weighted by atomic mass is 9.95. The molecule has 2 N–H and O–H groups in total. The summed E-state index contributed by atoms with van der Waals surface area (Å²) < 4.78 is 5.23. The van der Waals surface area contributed by atoms with Crippen LogP contribution in [0.5, 0.6) is 0 Å². The maximum absolute atomic E-state index is 6.38. The summed E-state index contributed by atoms with van der Waals surface area (Å²) in [6.45, 7) is 2.75. The molecule has 106 valence electrons. The second kappa shape index (κ2) is 5.92. The van der Waals surface area contributed by atoms with E-state index < -0.39 is 0 Å². The van der Waals surface area contributed by atoms with E-state index >= 15 is 0 Å². The molecule has 1 fully saturated rings. The number of likely N-dealkylation sites (tertiary alicyclic amines) is 1. The van der Waals surface area contributed by atoms with E-state index in [1.165, 1.54) is 16.3 Å². The smallest absolute Gasteiger partial charge is 0.0589 e. The maximum Gasteiger partial charge on any atom is 0.0589 e. The van der Waals surface area contributed by atoms with Crippen LogP contribution in [0, 0.1) is 0 Å². The van der Waals surface area contributed by atoms with Gasteiger partial charge in [0.15, 0.2) is 0 Å². The number of hydrogen-bond acceptors (Lipinski definition) is 3. The SMILES string of the molecule is COCCN1CCC(N)C1c1cccc2ccccc12. The van der Waals surface area contributed by atoms with Gasteiger partial charge in [-0.05, 0) is 22.8 Å². The molecule has 3 nitrogen and oxygen atoms in total. The van der Waals surface area contributed by atoms with E-state index in [-0.39, 0.29) is 6.04 Å². The number of hydrogen-bond donors (Lipinski definition) is 1. The molecule has 0 spiro atoms. The lowest BCUT2D eigenvalue weighted by molar-refractivity contribution is 0.139. The molecule has 2 atom stereocenters. The summed E-state index contributed by atoms with van der Waals surface area (Å²) in [5, 5.41) is 2.61. The zero-order valence-electron chi connectivity index (χ0n) is 12.0. The first-order valence-corrected chi connectivity index (χ1v) is 7.27. The maximum atomic E-state index is 6.38. The summed E-state index contributed by atoms with van der Waals surface area (Å²) in [6, 6.07) is 15.6. The van der Waals surface area contributed by atoms with Gasteiger partial charge < -0.3 is 10.5 Å².